The van der Waals surface area contributed by atoms with Crippen molar-refractivity contribution in [1.29, 1.82) is 0 Å². The van der Waals surface area contributed by atoms with Crippen LogP contribution in [0.2, 0.25) is 0 Å². The Bertz CT molecular complexity index is 320. The average Bonchev–Trinajstić information content (AvgIpc) is 2.07. The molecule has 0 aromatic heterocycles. The fourth-order valence-electron chi connectivity index (χ4n) is 1.32. The highest BCUT2D eigenvalue weighted by Gasteiger charge is 2.17. The maximum Gasteiger partial charge on any atom is 0.0370 e. The molecule has 1 aromatic rings. The lowest BCUT2D eigenvalue weighted by molar-refractivity contribution is 0.538. The molecule has 0 saturated carbocycles. The first-order valence-corrected chi connectivity index (χ1v) is 5.13. The summed E-state index contributed by atoms with van der Waals surface area (Å²) in [6, 6.07) is 6.63. The molecule has 1 heteroatoms. The van der Waals surface area contributed by atoms with E-state index < -0.39 is 0 Å². The summed E-state index contributed by atoms with van der Waals surface area (Å²) in [5, 5.41) is 0. The van der Waals surface area contributed by atoms with Crippen molar-refractivity contribution in [2.45, 2.75) is 40.2 Å². The first-order chi connectivity index (χ1) is 6.32. The zero-order chi connectivity index (χ0) is 10.9. The van der Waals surface area contributed by atoms with Gasteiger partial charge in [0.1, 0.15) is 0 Å². The summed E-state index contributed by atoms with van der Waals surface area (Å²) >= 11 is 0. The molecule has 1 rings (SSSR count). The molecular weight excluding hydrogens is 170 g/mol. The Kier molecular flexibility index (Phi) is 2.89. The van der Waals surface area contributed by atoms with Gasteiger partial charge >= 0.3 is 0 Å². The van der Waals surface area contributed by atoms with E-state index >= 15 is 0 Å². The summed E-state index contributed by atoms with van der Waals surface area (Å²) in [4.78, 5) is 2.31. The van der Waals surface area contributed by atoms with Gasteiger partial charge in [0.15, 0.2) is 0 Å². The second kappa shape index (κ2) is 3.64. The van der Waals surface area contributed by atoms with Crippen LogP contribution >= 0.6 is 0 Å². The summed E-state index contributed by atoms with van der Waals surface area (Å²) in [7, 11) is 2.14. The van der Waals surface area contributed by atoms with Crippen LogP contribution in [-0.2, 0) is 0 Å². The third-order valence-corrected chi connectivity index (χ3v) is 2.88. The van der Waals surface area contributed by atoms with Crippen LogP contribution < -0.4 is 4.90 Å². The molecule has 0 spiro atoms. The van der Waals surface area contributed by atoms with Gasteiger partial charge in [-0.1, -0.05) is 6.07 Å². The van der Waals surface area contributed by atoms with E-state index in [9.17, 15) is 0 Å². The molecule has 0 radical (unpaired) electrons. The maximum absolute atomic E-state index is 2.31. The number of anilines is 1. The van der Waals surface area contributed by atoms with Crippen LogP contribution in [0, 0.1) is 13.8 Å². The van der Waals surface area contributed by atoms with Crippen LogP contribution in [0.5, 0.6) is 0 Å². The highest BCUT2D eigenvalue weighted by atomic mass is 15.2. The highest BCUT2D eigenvalue weighted by molar-refractivity contribution is 5.51. The number of nitrogens with zero attached hydrogens (tertiary/aromatic N) is 1. The van der Waals surface area contributed by atoms with Crippen LogP contribution in [0.25, 0.3) is 0 Å². The van der Waals surface area contributed by atoms with E-state index in [-0.39, 0.29) is 5.54 Å². The molecule has 0 unspecified atom stereocenters. The molecule has 0 saturated heterocycles. The third kappa shape index (κ3) is 2.28. The van der Waals surface area contributed by atoms with Gasteiger partial charge in [-0.3, -0.25) is 0 Å². The van der Waals surface area contributed by atoms with Gasteiger partial charge in [0.25, 0.3) is 0 Å². The minimum atomic E-state index is 0.182. The molecule has 0 aliphatic rings. The van der Waals surface area contributed by atoms with Crippen molar-refractivity contribution in [3.63, 3.8) is 0 Å². The van der Waals surface area contributed by atoms with Gasteiger partial charge < -0.3 is 4.90 Å². The van der Waals surface area contributed by atoms with Gasteiger partial charge in [-0.25, -0.2) is 0 Å². The van der Waals surface area contributed by atoms with Gasteiger partial charge in [-0.2, -0.15) is 0 Å². The minimum absolute atomic E-state index is 0.182. The molecule has 0 atom stereocenters. The van der Waals surface area contributed by atoms with Crippen LogP contribution in [0.15, 0.2) is 18.2 Å². The second-order valence-corrected chi connectivity index (χ2v) is 5.00. The predicted octanol–water partition coefficient (Wildman–Crippen LogP) is 3.54. The van der Waals surface area contributed by atoms with Gasteiger partial charge in [0.05, 0.1) is 0 Å². The first kappa shape index (κ1) is 11.1. The van der Waals surface area contributed by atoms with E-state index in [0.29, 0.717) is 0 Å². The fourth-order valence-corrected chi connectivity index (χ4v) is 1.32. The minimum Gasteiger partial charge on any atom is -0.370 e. The number of hydrogen-bond donors (Lipinski definition) is 0. The van der Waals surface area contributed by atoms with Crippen molar-refractivity contribution in [3.05, 3.63) is 29.3 Å². The molecule has 0 fully saturated rings. The lowest BCUT2D eigenvalue weighted by Gasteiger charge is -2.34. The SMILES string of the molecule is Cc1ccc(N(C)C(C)(C)C)cc1C. The molecule has 1 aromatic carbocycles. The van der Waals surface area contributed by atoms with E-state index in [1.54, 1.807) is 0 Å². The van der Waals surface area contributed by atoms with Crippen LogP contribution in [0.4, 0.5) is 5.69 Å². The Morgan fingerprint density at radius 1 is 1.00 bits per heavy atom. The van der Waals surface area contributed by atoms with Gasteiger partial charge in [-0.05, 0) is 57.9 Å². The van der Waals surface area contributed by atoms with Crippen LogP contribution in [0.3, 0.4) is 0 Å². The summed E-state index contributed by atoms with van der Waals surface area (Å²) in [5.41, 5.74) is 4.19. The van der Waals surface area contributed by atoms with Crippen LogP contribution in [0.1, 0.15) is 31.9 Å². The van der Waals surface area contributed by atoms with Crippen molar-refractivity contribution < 1.29 is 0 Å². The van der Waals surface area contributed by atoms with E-state index in [2.05, 4.69) is 64.8 Å². The molecule has 0 N–H and O–H groups in total. The molecule has 0 bridgehead atoms. The summed E-state index contributed by atoms with van der Waals surface area (Å²) < 4.78 is 0. The first-order valence-electron chi connectivity index (χ1n) is 5.13. The van der Waals surface area contributed by atoms with E-state index in [1.807, 2.05) is 0 Å². The quantitative estimate of drug-likeness (QED) is 0.656. The van der Waals surface area contributed by atoms with Crippen molar-refractivity contribution in [2.24, 2.45) is 0 Å². The molecule has 0 amide bonds. The van der Waals surface area contributed by atoms with Gasteiger partial charge in [0.2, 0.25) is 0 Å². The Balaban J connectivity index is 3.03. The van der Waals surface area contributed by atoms with Crippen molar-refractivity contribution in [1.82, 2.24) is 0 Å². The monoisotopic (exact) mass is 191 g/mol. The molecule has 0 aliphatic carbocycles. The Hall–Kier alpha value is -0.980. The summed E-state index contributed by atoms with van der Waals surface area (Å²) in [6.45, 7) is 11.0. The van der Waals surface area contributed by atoms with E-state index in [4.69, 9.17) is 0 Å². The molecule has 0 aliphatic heterocycles. The predicted molar refractivity (Wildman–Crippen MR) is 64.1 cm³/mol. The highest BCUT2D eigenvalue weighted by Crippen LogP contribution is 2.23. The second-order valence-electron chi connectivity index (χ2n) is 5.00. The summed E-state index contributed by atoms with van der Waals surface area (Å²) in [6.07, 6.45) is 0. The van der Waals surface area contributed by atoms with E-state index in [1.165, 1.54) is 16.8 Å². The largest absolute Gasteiger partial charge is 0.370 e. The number of rotatable bonds is 1. The maximum atomic E-state index is 2.31. The molecule has 78 valence electrons. The number of aryl methyl sites for hydroxylation is 2. The standard InChI is InChI=1S/C13H21N/c1-10-7-8-12(9-11(10)2)14(6)13(3,4)5/h7-9H,1-6H3. The average molecular weight is 191 g/mol. The number of benzene rings is 1. The molecular formula is C13H21N. The fraction of sp³-hybridized carbons (Fsp3) is 0.538. The van der Waals surface area contributed by atoms with Gasteiger partial charge in [0, 0.05) is 18.3 Å². The summed E-state index contributed by atoms with van der Waals surface area (Å²) in [5.74, 6) is 0. The van der Waals surface area contributed by atoms with Crippen molar-refractivity contribution in [3.8, 4) is 0 Å². The lowest BCUT2D eigenvalue weighted by Crippen LogP contribution is -2.38. The Labute approximate surface area is 87.7 Å². The zero-order valence-corrected chi connectivity index (χ0v) is 10.2. The van der Waals surface area contributed by atoms with Crippen molar-refractivity contribution in [2.75, 3.05) is 11.9 Å². The zero-order valence-electron chi connectivity index (χ0n) is 10.2. The molecule has 1 nitrogen and oxygen atoms in total. The number of hydrogen-bond acceptors (Lipinski definition) is 1. The topological polar surface area (TPSA) is 3.24 Å². The molecule has 14 heavy (non-hydrogen) atoms. The van der Waals surface area contributed by atoms with E-state index in [0.717, 1.165) is 0 Å². The lowest BCUT2D eigenvalue weighted by atomic mass is 10.0. The smallest absolute Gasteiger partial charge is 0.0370 e. The Morgan fingerprint density at radius 3 is 2.00 bits per heavy atom. The van der Waals surface area contributed by atoms with Crippen molar-refractivity contribution >= 4 is 5.69 Å². The van der Waals surface area contributed by atoms with Gasteiger partial charge in [-0.15, -0.1) is 0 Å². The van der Waals surface area contributed by atoms with Crippen LogP contribution in [-0.4, -0.2) is 12.6 Å². The third-order valence-electron chi connectivity index (χ3n) is 2.88. The normalized spacial score (nSPS) is 11.6. The Morgan fingerprint density at radius 2 is 1.57 bits per heavy atom. The molecule has 0 heterocycles.